The fraction of sp³-hybridized carbons (Fsp3) is 0.0292. The predicted octanol–water partition coefficient (Wildman–Crippen LogP) is 37.9. The molecule has 0 heterocycles. The van der Waals surface area contributed by atoms with Crippen LogP contribution in [0.1, 0.15) is 32.6 Å². The molecule has 0 spiro atoms. The molecule has 0 unspecified atom stereocenters. The Labute approximate surface area is 826 Å². The first-order valence-electron chi connectivity index (χ1n) is 48.1. The zero-order valence-corrected chi connectivity index (χ0v) is 78.9. The lowest BCUT2D eigenvalue weighted by Crippen LogP contribution is -2.00. The first-order valence-corrected chi connectivity index (χ1v) is 48.1. The van der Waals surface area contributed by atoms with Crippen LogP contribution in [0.2, 0.25) is 0 Å². The second-order valence-corrected chi connectivity index (χ2v) is 35.9. The predicted molar refractivity (Wildman–Crippen MR) is 590 cm³/mol. The van der Waals surface area contributed by atoms with Gasteiger partial charge in [0.15, 0.2) is 0 Å². The summed E-state index contributed by atoms with van der Waals surface area (Å²) in [5.74, 6) is 2.03. The van der Waals surface area contributed by atoms with Crippen molar-refractivity contribution in [2.45, 2.75) is 27.7 Å². The van der Waals surface area contributed by atoms with E-state index in [-0.39, 0.29) is 5.56 Å². The largest absolute Gasteiger partial charge is 0.478 e. The number of ether oxygens (including phenoxy) is 2. The summed E-state index contributed by atoms with van der Waals surface area (Å²) < 4.78 is 13.4. The smallest absolute Gasteiger partial charge is 0.335 e. The summed E-state index contributed by atoms with van der Waals surface area (Å²) in [5, 5.41) is 10.2. The zero-order valence-electron chi connectivity index (χ0n) is 78.9. The van der Waals surface area contributed by atoms with Gasteiger partial charge in [-0.1, -0.05) is 461 Å². The molecule has 22 aromatic rings. The molecule has 141 heavy (non-hydrogen) atoms. The Morgan fingerprint density at radius 2 is 0.348 bits per heavy atom. The van der Waals surface area contributed by atoms with Crippen molar-refractivity contribution in [1.29, 1.82) is 0 Å². The number of carboxylic acid groups (broad SMARTS) is 1. The van der Waals surface area contributed by atoms with Gasteiger partial charge in [0.25, 0.3) is 0 Å². The fourth-order valence-corrected chi connectivity index (χ4v) is 20.3. The molecule has 0 aliphatic rings. The summed E-state index contributed by atoms with van der Waals surface area (Å²) >= 11 is 0. The van der Waals surface area contributed by atoms with Crippen molar-refractivity contribution in [2.24, 2.45) is 0 Å². The SMILES string of the molecule is Cc1cc(C(=O)O)cc(-c2cc(-c3ccccc3)c(-c3ccc(Oc4ccc(-c5c(-c6ccccc6)cc(C)c(-c6ccccc6)c5-c5ccccc5)cc4)cc3)c(-c3ccccc3)c2-c2ccccc2)c1.Cc1cccc(-c2cc(-c3ccccc3)c(-c3ccc(Oc4ccc(-c5c(-c6ccccc6)cc(C)c(-c6ccccc6)c5-c5ccccc5)cc4)cc3)c(-c3ccccc3)c2-c2ccccc2)c1. The van der Waals surface area contributed by atoms with Gasteiger partial charge in [0.05, 0.1) is 5.56 Å². The first-order chi connectivity index (χ1) is 69.4. The number of benzene rings is 22. The van der Waals surface area contributed by atoms with Crippen LogP contribution in [-0.2, 0) is 0 Å². The van der Waals surface area contributed by atoms with Crippen molar-refractivity contribution in [2.75, 3.05) is 0 Å². The summed E-state index contributed by atoms with van der Waals surface area (Å²) in [6.07, 6.45) is 0. The molecule has 0 aromatic heterocycles. The maximum Gasteiger partial charge on any atom is 0.335 e. The average molecular weight is 1810 g/mol. The van der Waals surface area contributed by atoms with Gasteiger partial charge >= 0.3 is 5.97 Å². The van der Waals surface area contributed by atoms with E-state index < -0.39 is 5.97 Å². The molecule has 1 N–H and O–H groups in total. The molecule has 4 nitrogen and oxygen atoms in total. The Bertz CT molecular complexity index is 8170. The maximum absolute atomic E-state index is 12.5. The van der Waals surface area contributed by atoms with Crippen LogP contribution in [0.25, 0.3) is 200 Å². The van der Waals surface area contributed by atoms with E-state index in [9.17, 15) is 9.90 Å². The van der Waals surface area contributed by atoms with Crippen LogP contribution < -0.4 is 9.47 Å². The topological polar surface area (TPSA) is 55.8 Å². The summed E-state index contributed by atoms with van der Waals surface area (Å²) in [6, 6.07) is 186. The minimum Gasteiger partial charge on any atom is -0.478 e. The molecular weight excluding hydrogens is 1710 g/mol. The third-order valence-electron chi connectivity index (χ3n) is 26.6. The van der Waals surface area contributed by atoms with Crippen LogP contribution in [0.3, 0.4) is 0 Å². The highest BCUT2D eigenvalue weighted by Gasteiger charge is 2.30. The van der Waals surface area contributed by atoms with E-state index in [2.05, 4.69) is 518 Å². The third-order valence-corrected chi connectivity index (χ3v) is 26.6. The molecule has 0 atom stereocenters. The molecule has 0 saturated heterocycles. The minimum atomic E-state index is -0.958. The lowest BCUT2D eigenvalue weighted by atomic mass is 9.78. The average Bonchev–Trinajstić information content (AvgIpc) is 0.738. The van der Waals surface area contributed by atoms with Gasteiger partial charge in [-0.2, -0.15) is 0 Å². The van der Waals surface area contributed by atoms with Crippen molar-refractivity contribution >= 4 is 5.97 Å². The number of hydrogen-bond donors (Lipinski definition) is 1. The second-order valence-electron chi connectivity index (χ2n) is 35.9. The lowest BCUT2D eigenvalue weighted by molar-refractivity contribution is 0.0696. The normalized spacial score (nSPS) is 11.0. The Balaban J connectivity index is 0.000000167. The van der Waals surface area contributed by atoms with E-state index in [1.165, 1.54) is 122 Å². The Morgan fingerprint density at radius 3 is 0.596 bits per heavy atom. The van der Waals surface area contributed by atoms with Crippen LogP contribution in [0.4, 0.5) is 0 Å². The number of rotatable bonds is 23. The van der Waals surface area contributed by atoms with E-state index in [0.717, 1.165) is 117 Å². The fourth-order valence-electron chi connectivity index (χ4n) is 20.3. The second kappa shape index (κ2) is 40.8. The van der Waals surface area contributed by atoms with E-state index in [1.807, 2.05) is 25.1 Å². The van der Waals surface area contributed by atoms with Gasteiger partial charge in [-0.05, 0) is 317 Å². The first kappa shape index (κ1) is 89.4. The quantitative estimate of drug-likeness (QED) is 0.0693. The lowest BCUT2D eigenvalue weighted by Gasteiger charge is -2.25. The molecular formula is C137H100O4. The summed E-state index contributed by atoms with van der Waals surface area (Å²) in [6.45, 7) is 8.58. The van der Waals surface area contributed by atoms with Gasteiger partial charge in [0.1, 0.15) is 23.0 Å². The van der Waals surface area contributed by atoms with Crippen molar-refractivity contribution in [3.63, 3.8) is 0 Å². The molecule has 4 heteroatoms. The summed E-state index contributed by atoms with van der Waals surface area (Å²) in [4.78, 5) is 12.5. The molecule has 0 amide bonds. The number of carboxylic acids is 1. The van der Waals surface area contributed by atoms with Gasteiger partial charge in [0.2, 0.25) is 0 Å². The monoisotopic (exact) mass is 1810 g/mol. The van der Waals surface area contributed by atoms with E-state index in [1.54, 1.807) is 12.1 Å². The highest BCUT2D eigenvalue weighted by molar-refractivity contribution is 6.11. The van der Waals surface area contributed by atoms with Crippen LogP contribution in [-0.4, -0.2) is 11.1 Å². The van der Waals surface area contributed by atoms with Gasteiger partial charge in [0, 0.05) is 0 Å². The van der Waals surface area contributed by atoms with Gasteiger partial charge in [-0.15, -0.1) is 0 Å². The maximum atomic E-state index is 12.5. The number of carbonyl (C=O) groups is 1. The highest BCUT2D eigenvalue weighted by atomic mass is 16.5. The van der Waals surface area contributed by atoms with Crippen LogP contribution >= 0.6 is 0 Å². The molecule has 22 aromatic carbocycles. The molecule has 0 fully saturated rings. The van der Waals surface area contributed by atoms with Crippen molar-refractivity contribution in [3.8, 4) is 223 Å². The molecule has 0 radical (unpaired) electrons. The van der Waals surface area contributed by atoms with Gasteiger partial charge < -0.3 is 14.6 Å². The van der Waals surface area contributed by atoms with E-state index in [0.29, 0.717) is 5.75 Å². The van der Waals surface area contributed by atoms with Crippen molar-refractivity contribution < 1.29 is 19.4 Å². The Morgan fingerprint density at radius 1 is 0.156 bits per heavy atom. The van der Waals surface area contributed by atoms with E-state index in [4.69, 9.17) is 9.47 Å². The molecule has 0 bridgehead atoms. The number of hydrogen-bond acceptors (Lipinski definition) is 3. The molecule has 22 rings (SSSR count). The van der Waals surface area contributed by atoms with E-state index >= 15 is 0 Å². The van der Waals surface area contributed by atoms with Crippen LogP contribution in [0.5, 0.6) is 23.0 Å². The van der Waals surface area contributed by atoms with Gasteiger partial charge in [-0.3, -0.25) is 0 Å². The minimum absolute atomic E-state index is 0.252. The molecule has 0 aliphatic heterocycles. The summed E-state index contributed by atoms with van der Waals surface area (Å²) in [5.41, 5.74) is 45.5. The third kappa shape index (κ3) is 19.0. The molecule has 0 aliphatic carbocycles. The van der Waals surface area contributed by atoms with Crippen molar-refractivity contribution in [3.05, 3.63) is 556 Å². The van der Waals surface area contributed by atoms with Crippen LogP contribution in [0, 0.1) is 27.7 Å². The standard InChI is InChI=1S/C69H50O3.C68H50O/c1-46-41-56(44-57(42-46)69(70)71)62-45-61(49-23-11-4-12-24-49)66(68(53-31-19-8-20-32-53)64(62)51-27-15-6-16-28-51)55-35-39-59(40-36-55)72-58-37-33-54(34-38-58)65-60(48-21-9-3-10-22-48)43-47(2)63(50-25-13-5-14-26-50)67(65)52-29-17-7-18-30-52;1-47-22-21-35-57(44-47)62-46-61(50-25-11-4-12-26-50)66(68(54-33-19-8-20-34-54)64(62)52-29-15-6-16-30-52)56-38-42-59(43-39-56)69-58-40-36-55(37-41-58)65-60(49-23-9-3-10-24-49)45-48(2)63(51-27-13-5-14-28-51)67(65)53-31-17-7-18-32-53/h3-45H,1-2H3,(H,70,71);3-46H,1-2H3. The van der Waals surface area contributed by atoms with Gasteiger partial charge in [-0.25, -0.2) is 4.79 Å². The molecule has 672 valence electrons. The number of aromatic carboxylic acids is 1. The Hall–Kier alpha value is -18.1. The molecule has 0 saturated carbocycles. The zero-order chi connectivity index (χ0) is 95.5. The highest BCUT2D eigenvalue weighted by Crippen LogP contribution is 2.56. The summed E-state index contributed by atoms with van der Waals surface area (Å²) in [7, 11) is 0. The van der Waals surface area contributed by atoms with Crippen molar-refractivity contribution in [1.82, 2.24) is 0 Å². The number of aryl methyl sites for hydroxylation is 4. The van der Waals surface area contributed by atoms with Crippen LogP contribution in [0.15, 0.2) is 528 Å². The Kier molecular flexibility index (Phi) is 25.9.